The molecule has 16 heavy (non-hydrogen) atoms. The maximum atomic E-state index is 11.8. The minimum Gasteiger partial charge on any atom is -0.481 e. The van der Waals surface area contributed by atoms with Crippen LogP contribution >= 0.6 is 0 Å². The van der Waals surface area contributed by atoms with Crippen LogP contribution in [0.2, 0.25) is 0 Å². The van der Waals surface area contributed by atoms with Crippen LogP contribution in [0.3, 0.4) is 0 Å². The highest BCUT2D eigenvalue weighted by Crippen LogP contribution is 2.00. The maximum absolute atomic E-state index is 11.8. The van der Waals surface area contributed by atoms with Gasteiger partial charge in [0.15, 0.2) is 0 Å². The Morgan fingerprint density at radius 3 is 2.75 bits per heavy atom. The molecule has 1 heterocycles. The molecule has 86 valence electrons. The zero-order valence-corrected chi connectivity index (χ0v) is 9.17. The second kappa shape index (κ2) is 5.20. The van der Waals surface area contributed by atoms with Crippen molar-refractivity contribution in [2.45, 2.75) is 13.3 Å². The van der Waals surface area contributed by atoms with Crippen molar-refractivity contribution in [2.24, 2.45) is 0 Å². The van der Waals surface area contributed by atoms with Crippen molar-refractivity contribution < 1.29 is 14.7 Å². The Hall–Kier alpha value is -1.98. The van der Waals surface area contributed by atoms with E-state index in [0.717, 1.165) is 0 Å². The van der Waals surface area contributed by atoms with Crippen molar-refractivity contribution in [3.63, 3.8) is 0 Å². The third-order valence-electron chi connectivity index (χ3n) is 2.00. The largest absolute Gasteiger partial charge is 0.481 e. The Morgan fingerprint density at radius 1 is 1.50 bits per heavy atom. The number of rotatable bonds is 4. The SMILES string of the molecule is Cc1nccc(C(=O)N(C)CCC(=O)O)n1. The number of amides is 1. The summed E-state index contributed by atoms with van der Waals surface area (Å²) >= 11 is 0. The van der Waals surface area contributed by atoms with Gasteiger partial charge in [0.05, 0.1) is 6.42 Å². The van der Waals surface area contributed by atoms with Gasteiger partial charge in [0.25, 0.3) is 5.91 Å². The van der Waals surface area contributed by atoms with Crippen LogP contribution in [0.5, 0.6) is 0 Å². The lowest BCUT2D eigenvalue weighted by atomic mass is 10.3. The highest BCUT2D eigenvalue weighted by atomic mass is 16.4. The van der Waals surface area contributed by atoms with Crippen LogP contribution in [0.4, 0.5) is 0 Å². The molecule has 0 saturated heterocycles. The van der Waals surface area contributed by atoms with Crippen molar-refractivity contribution >= 4 is 11.9 Å². The molecule has 0 unspecified atom stereocenters. The van der Waals surface area contributed by atoms with E-state index in [1.165, 1.54) is 17.2 Å². The van der Waals surface area contributed by atoms with Gasteiger partial charge in [-0.1, -0.05) is 0 Å². The first-order valence-corrected chi connectivity index (χ1v) is 4.77. The van der Waals surface area contributed by atoms with Gasteiger partial charge in [-0.15, -0.1) is 0 Å². The predicted octanol–water partition coefficient (Wildman–Crippen LogP) is 0.332. The summed E-state index contributed by atoms with van der Waals surface area (Å²) in [6.07, 6.45) is 1.42. The Labute approximate surface area is 92.9 Å². The summed E-state index contributed by atoms with van der Waals surface area (Å²) in [6, 6.07) is 1.51. The van der Waals surface area contributed by atoms with Gasteiger partial charge >= 0.3 is 5.97 Å². The summed E-state index contributed by atoms with van der Waals surface area (Å²) < 4.78 is 0. The summed E-state index contributed by atoms with van der Waals surface area (Å²) in [5, 5.41) is 8.50. The van der Waals surface area contributed by atoms with Crippen LogP contribution < -0.4 is 0 Å². The molecule has 0 bridgehead atoms. The first kappa shape index (κ1) is 12.1. The first-order chi connectivity index (χ1) is 7.50. The standard InChI is InChI=1S/C10H13N3O3/c1-7-11-5-3-8(12-7)10(16)13(2)6-4-9(14)15/h3,5H,4,6H2,1-2H3,(H,14,15). The molecule has 1 amide bonds. The highest BCUT2D eigenvalue weighted by molar-refractivity contribution is 5.92. The van der Waals surface area contributed by atoms with E-state index in [0.29, 0.717) is 5.82 Å². The fraction of sp³-hybridized carbons (Fsp3) is 0.400. The molecular weight excluding hydrogens is 210 g/mol. The van der Waals surface area contributed by atoms with Gasteiger partial charge < -0.3 is 10.0 Å². The van der Waals surface area contributed by atoms with Crippen LogP contribution in [0, 0.1) is 6.92 Å². The summed E-state index contributed by atoms with van der Waals surface area (Å²) in [5.74, 6) is -0.720. The van der Waals surface area contributed by atoms with E-state index in [2.05, 4.69) is 9.97 Å². The van der Waals surface area contributed by atoms with Gasteiger partial charge in [0.2, 0.25) is 0 Å². The number of hydrogen-bond acceptors (Lipinski definition) is 4. The topological polar surface area (TPSA) is 83.4 Å². The van der Waals surface area contributed by atoms with Crippen molar-refractivity contribution in [2.75, 3.05) is 13.6 Å². The molecule has 0 fully saturated rings. The number of aliphatic carboxylic acids is 1. The van der Waals surface area contributed by atoms with E-state index in [1.54, 1.807) is 14.0 Å². The Bertz CT molecular complexity index is 406. The molecule has 0 atom stereocenters. The molecule has 1 N–H and O–H groups in total. The summed E-state index contributed by atoms with van der Waals surface area (Å²) in [4.78, 5) is 31.3. The molecule has 0 spiro atoms. The second-order valence-electron chi connectivity index (χ2n) is 3.36. The van der Waals surface area contributed by atoms with E-state index < -0.39 is 5.97 Å². The molecule has 0 aliphatic heterocycles. The van der Waals surface area contributed by atoms with Crippen LogP contribution in [0.1, 0.15) is 22.7 Å². The summed E-state index contributed by atoms with van der Waals surface area (Å²) in [5.41, 5.74) is 0.278. The minimum atomic E-state index is -0.932. The van der Waals surface area contributed by atoms with Gasteiger partial charge in [-0.3, -0.25) is 9.59 Å². The molecule has 0 aromatic carbocycles. The quantitative estimate of drug-likeness (QED) is 0.795. The lowest BCUT2D eigenvalue weighted by molar-refractivity contribution is -0.137. The smallest absolute Gasteiger partial charge is 0.305 e. The average Bonchev–Trinajstić information content (AvgIpc) is 2.24. The number of carboxylic acids is 1. The van der Waals surface area contributed by atoms with Gasteiger partial charge in [-0.05, 0) is 13.0 Å². The molecule has 1 aromatic rings. The summed E-state index contributed by atoms with van der Waals surface area (Å²) in [7, 11) is 1.54. The molecule has 0 radical (unpaired) electrons. The minimum absolute atomic E-state index is 0.0771. The number of aryl methyl sites for hydroxylation is 1. The number of carbonyl (C=O) groups excluding carboxylic acids is 1. The molecule has 1 rings (SSSR count). The van der Waals surface area contributed by atoms with Gasteiger partial charge in [0, 0.05) is 19.8 Å². The molecule has 6 nitrogen and oxygen atoms in total. The van der Waals surface area contributed by atoms with E-state index in [4.69, 9.17) is 5.11 Å². The van der Waals surface area contributed by atoms with E-state index in [9.17, 15) is 9.59 Å². The number of aromatic nitrogens is 2. The van der Waals surface area contributed by atoms with Gasteiger partial charge in [-0.2, -0.15) is 0 Å². The Morgan fingerprint density at radius 2 is 2.19 bits per heavy atom. The molecule has 0 aliphatic rings. The van der Waals surface area contributed by atoms with Crippen LogP contribution in [-0.2, 0) is 4.79 Å². The van der Waals surface area contributed by atoms with Crippen LogP contribution in [0.25, 0.3) is 0 Å². The van der Waals surface area contributed by atoms with Crippen LogP contribution in [0.15, 0.2) is 12.3 Å². The maximum Gasteiger partial charge on any atom is 0.305 e. The lowest BCUT2D eigenvalue weighted by Gasteiger charge is -2.15. The highest BCUT2D eigenvalue weighted by Gasteiger charge is 2.14. The fourth-order valence-electron chi connectivity index (χ4n) is 1.14. The van der Waals surface area contributed by atoms with E-state index in [-0.39, 0.29) is 24.6 Å². The Kier molecular flexibility index (Phi) is 3.93. The fourth-order valence-corrected chi connectivity index (χ4v) is 1.14. The average molecular weight is 223 g/mol. The molecule has 0 aliphatic carbocycles. The van der Waals surface area contributed by atoms with Crippen molar-refractivity contribution in [3.05, 3.63) is 23.8 Å². The third kappa shape index (κ3) is 3.30. The number of hydrogen-bond donors (Lipinski definition) is 1. The lowest BCUT2D eigenvalue weighted by Crippen LogP contribution is -2.29. The summed E-state index contributed by atoms with van der Waals surface area (Å²) in [6.45, 7) is 1.85. The Balaban J connectivity index is 2.67. The number of carbonyl (C=O) groups is 2. The normalized spacial score (nSPS) is 9.88. The first-order valence-electron chi connectivity index (χ1n) is 4.77. The van der Waals surface area contributed by atoms with E-state index >= 15 is 0 Å². The molecule has 1 aromatic heterocycles. The third-order valence-corrected chi connectivity index (χ3v) is 2.00. The van der Waals surface area contributed by atoms with Crippen LogP contribution in [-0.4, -0.2) is 45.4 Å². The monoisotopic (exact) mass is 223 g/mol. The number of carboxylic acid groups (broad SMARTS) is 1. The molecule has 6 heteroatoms. The van der Waals surface area contributed by atoms with E-state index in [1.807, 2.05) is 0 Å². The number of nitrogens with zero attached hydrogens (tertiary/aromatic N) is 3. The van der Waals surface area contributed by atoms with Gasteiger partial charge in [-0.25, -0.2) is 9.97 Å². The van der Waals surface area contributed by atoms with Crippen molar-refractivity contribution in [1.29, 1.82) is 0 Å². The van der Waals surface area contributed by atoms with Crippen molar-refractivity contribution in [1.82, 2.24) is 14.9 Å². The zero-order valence-electron chi connectivity index (χ0n) is 9.17. The molecule has 0 saturated carbocycles. The molecular formula is C10H13N3O3. The second-order valence-corrected chi connectivity index (χ2v) is 3.36. The zero-order chi connectivity index (χ0) is 12.1. The van der Waals surface area contributed by atoms with Gasteiger partial charge in [0.1, 0.15) is 11.5 Å². The predicted molar refractivity (Wildman–Crippen MR) is 56.0 cm³/mol. The van der Waals surface area contributed by atoms with Crippen molar-refractivity contribution in [3.8, 4) is 0 Å².